The van der Waals surface area contributed by atoms with E-state index in [2.05, 4.69) is 15.2 Å². The van der Waals surface area contributed by atoms with Crippen LogP contribution in [0.15, 0.2) is 9.59 Å². The van der Waals surface area contributed by atoms with Crippen molar-refractivity contribution in [1.29, 1.82) is 0 Å². The molecular weight excluding hydrogens is 344 g/mol. The summed E-state index contributed by atoms with van der Waals surface area (Å²) in [6, 6.07) is 0.187. The molecule has 2 aliphatic carbocycles. The van der Waals surface area contributed by atoms with E-state index < -0.39 is 0 Å². The number of nitrogens with one attached hydrogen (secondary N) is 2. The molecular formula is C20H32N4O3. The molecule has 7 nitrogen and oxygen atoms in total. The van der Waals surface area contributed by atoms with Crippen molar-refractivity contribution in [2.75, 3.05) is 39.4 Å². The van der Waals surface area contributed by atoms with Crippen molar-refractivity contribution in [3.63, 3.8) is 0 Å². The molecule has 1 aromatic rings. The van der Waals surface area contributed by atoms with E-state index in [1.807, 2.05) is 0 Å². The molecule has 2 fully saturated rings. The Labute approximate surface area is 160 Å². The van der Waals surface area contributed by atoms with Crippen molar-refractivity contribution in [1.82, 2.24) is 19.8 Å². The van der Waals surface area contributed by atoms with E-state index in [0.29, 0.717) is 0 Å². The third-order valence-electron chi connectivity index (χ3n) is 6.38. The lowest BCUT2D eigenvalue weighted by Gasteiger charge is -2.26. The lowest BCUT2D eigenvalue weighted by molar-refractivity contribution is 0.0374. The molecule has 0 unspecified atom stereocenters. The van der Waals surface area contributed by atoms with Gasteiger partial charge < -0.3 is 15.0 Å². The fraction of sp³-hybridized carbons (Fsp3) is 0.800. The number of aromatic nitrogens is 2. The second kappa shape index (κ2) is 8.71. The molecule has 2 heterocycles. The maximum Gasteiger partial charge on any atom is 0.328 e. The predicted octanol–water partition coefficient (Wildman–Crippen LogP) is 1.34. The summed E-state index contributed by atoms with van der Waals surface area (Å²) in [5.41, 5.74) is 1.40. The SMILES string of the molecule is O=c1[nH]c2c(c(=O)n1C1CCCCC1)CC[C@@H]2NCCCN1CCOCC1. The van der Waals surface area contributed by atoms with Gasteiger partial charge in [-0.05, 0) is 45.2 Å². The Morgan fingerprint density at radius 1 is 1.07 bits per heavy atom. The normalized spacial score (nSPS) is 24.2. The van der Waals surface area contributed by atoms with Gasteiger partial charge in [0.05, 0.1) is 13.2 Å². The van der Waals surface area contributed by atoms with Crippen LogP contribution >= 0.6 is 0 Å². The molecule has 0 aromatic carbocycles. The van der Waals surface area contributed by atoms with Crippen LogP contribution in [0.25, 0.3) is 0 Å². The summed E-state index contributed by atoms with van der Waals surface area (Å²) < 4.78 is 6.89. The predicted molar refractivity (Wildman–Crippen MR) is 104 cm³/mol. The summed E-state index contributed by atoms with van der Waals surface area (Å²) in [4.78, 5) is 31.1. The second-order valence-electron chi connectivity index (χ2n) is 8.14. The molecule has 27 heavy (non-hydrogen) atoms. The number of H-pyrrole nitrogens is 1. The molecule has 0 radical (unpaired) electrons. The first kappa shape index (κ1) is 18.9. The van der Waals surface area contributed by atoms with Gasteiger partial charge in [-0.1, -0.05) is 19.3 Å². The van der Waals surface area contributed by atoms with E-state index in [9.17, 15) is 9.59 Å². The van der Waals surface area contributed by atoms with Crippen LogP contribution < -0.4 is 16.6 Å². The zero-order valence-electron chi connectivity index (χ0n) is 16.2. The van der Waals surface area contributed by atoms with Crippen molar-refractivity contribution in [3.05, 3.63) is 32.1 Å². The molecule has 2 N–H and O–H groups in total. The minimum atomic E-state index is -0.215. The Kier molecular flexibility index (Phi) is 6.10. The molecule has 3 aliphatic rings. The maximum atomic E-state index is 13.0. The van der Waals surface area contributed by atoms with E-state index in [4.69, 9.17) is 4.74 Å². The quantitative estimate of drug-likeness (QED) is 0.733. The third kappa shape index (κ3) is 4.20. The van der Waals surface area contributed by atoms with Crippen LogP contribution in [0.1, 0.15) is 68.3 Å². The number of hydrogen-bond donors (Lipinski definition) is 2. The van der Waals surface area contributed by atoms with Crippen LogP contribution in [0, 0.1) is 0 Å². The molecule has 1 aromatic heterocycles. The molecule has 0 bridgehead atoms. The molecule has 1 atom stereocenters. The van der Waals surface area contributed by atoms with Gasteiger partial charge in [-0.3, -0.25) is 14.3 Å². The highest BCUT2D eigenvalue weighted by Gasteiger charge is 2.29. The molecule has 150 valence electrons. The number of nitrogens with zero attached hydrogens (tertiary/aromatic N) is 2. The maximum absolute atomic E-state index is 13.0. The van der Waals surface area contributed by atoms with Crippen molar-refractivity contribution in [2.24, 2.45) is 0 Å². The lowest BCUT2D eigenvalue weighted by Crippen LogP contribution is -2.41. The summed E-state index contributed by atoms with van der Waals surface area (Å²) in [6.07, 6.45) is 8.06. The molecule has 1 aliphatic heterocycles. The summed E-state index contributed by atoms with van der Waals surface area (Å²) >= 11 is 0. The van der Waals surface area contributed by atoms with Crippen LogP contribution in [-0.4, -0.2) is 53.8 Å². The third-order valence-corrected chi connectivity index (χ3v) is 6.38. The highest BCUT2D eigenvalue weighted by molar-refractivity contribution is 5.26. The Bertz CT molecular complexity index is 745. The highest BCUT2D eigenvalue weighted by Crippen LogP contribution is 2.29. The van der Waals surface area contributed by atoms with Crippen LogP contribution in [0.2, 0.25) is 0 Å². The fourth-order valence-corrected chi connectivity index (χ4v) is 4.85. The lowest BCUT2D eigenvalue weighted by atomic mass is 9.95. The summed E-state index contributed by atoms with van der Waals surface area (Å²) in [5, 5.41) is 3.55. The first-order chi connectivity index (χ1) is 13.2. The molecule has 1 saturated heterocycles. The topological polar surface area (TPSA) is 79.4 Å². The van der Waals surface area contributed by atoms with Gasteiger partial charge in [-0.15, -0.1) is 0 Å². The van der Waals surface area contributed by atoms with Crippen LogP contribution in [0.3, 0.4) is 0 Å². The van der Waals surface area contributed by atoms with Gasteiger partial charge in [-0.2, -0.15) is 0 Å². The number of rotatable bonds is 6. The highest BCUT2D eigenvalue weighted by atomic mass is 16.5. The van der Waals surface area contributed by atoms with Crippen molar-refractivity contribution in [2.45, 2.75) is 63.5 Å². The van der Waals surface area contributed by atoms with E-state index in [1.165, 1.54) is 11.0 Å². The first-order valence-electron chi connectivity index (χ1n) is 10.6. The Hall–Kier alpha value is -1.44. The summed E-state index contributed by atoms with van der Waals surface area (Å²) in [7, 11) is 0. The van der Waals surface area contributed by atoms with Crippen LogP contribution in [-0.2, 0) is 11.2 Å². The van der Waals surface area contributed by atoms with Gasteiger partial charge in [0, 0.05) is 36.4 Å². The number of ether oxygens (including phenoxy) is 1. The van der Waals surface area contributed by atoms with Gasteiger partial charge in [0.15, 0.2) is 0 Å². The summed E-state index contributed by atoms with van der Waals surface area (Å²) in [5.74, 6) is 0. The first-order valence-corrected chi connectivity index (χ1v) is 10.6. The zero-order valence-corrected chi connectivity index (χ0v) is 16.2. The monoisotopic (exact) mass is 376 g/mol. The molecule has 4 rings (SSSR count). The smallest absolute Gasteiger partial charge is 0.328 e. The number of aromatic amines is 1. The molecule has 0 amide bonds. The van der Waals surface area contributed by atoms with E-state index in [0.717, 1.165) is 95.6 Å². The van der Waals surface area contributed by atoms with Gasteiger partial charge in [0.2, 0.25) is 0 Å². The largest absolute Gasteiger partial charge is 0.379 e. The van der Waals surface area contributed by atoms with E-state index >= 15 is 0 Å². The van der Waals surface area contributed by atoms with Gasteiger partial charge >= 0.3 is 5.69 Å². The fourth-order valence-electron chi connectivity index (χ4n) is 4.85. The minimum absolute atomic E-state index is 0.0433. The Morgan fingerprint density at radius 2 is 1.85 bits per heavy atom. The summed E-state index contributed by atoms with van der Waals surface area (Å²) in [6.45, 7) is 5.65. The molecule has 7 heteroatoms. The zero-order chi connectivity index (χ0) is 18.6. The van der Waals surface area contributed by atoms with Crippen LogP contribution in [0.5, 0.6) is 0 Å². The average molecular weight is 377 g/mol. The van der Waals surface area contributed by atoms with E-state index in [1.54, 1.807) is 0 Å². The van der Waals surface area contributed by atoms with Crippen LogP contribution in [0.4, 0.5) is 0 Å². The number of hydrogen-bond acceptors (Lipinski definition) is 5. The van der Waals surface area contributed by atoms with Crippen molar-refractivity contribution < 1.29 is 4.74 Å². The minimum Gasteiger partial charge on any atom is -0.379 e. The Morgan fingerprint density at radius 3 is 2.63 bits per heavy atom. The van der Waals surface area contributed by atoms with E-state index in [-0.39, 0.29) is 23.3 Å². The number of fused-ring (bicyclic) bond motifs is 1. The standard InChI is InChI=1S/C20H32N4O3/c25-19-16-7-8-17(21-9-4-10-23-11-13-27-14-12-23)18(16)22-20(26)24(19)15-5-2-1-3-6-15/h15,17,21H,1-14H2,(H,22,26)/t17-/m0/s1. The van der Waals surface area contributed by atoms with Gasteiger partial charge in [-0.25, -0.2) is 4.79 Å². The van der Waals surface area contributed by atoms with Crippen molar-refractivity contribution in [3.8, 4) is 0 Å². The number of morpholine rings is 1. The van der Waals surface area contributed by atoms with Gasteiger partial charge in [0.25, 0.3) is 5.56 Å². The van der Waals surface area contributed by atoms with Crippen molar-refractivity contribution >= 4 is 0 Å². The molecule has 0 spiro atoms. The average Bonchev–Trinajstić information content (AvgIpc) is 3.10. The van der Waals surface area contributed by atoms with Gasteiger partial charge in [0.1, 0.15) is 0 Å². The Balaban J connectivity index is 1.38. The molecule has 1 saturated carbocycles. The second-order valence-corrected chi connectivity index (χ2v) is 8.14.